The van der Waals surface area contributed by atoms with E-state index in [-0.39, 0.29) is 6.04 Å². The minimum Gasteiger partial charge on any atom is -0.275 e. The van der Waals surface area contributed by atoms with Gasteiger partial charge in [0.05, 0.1) is 10.7 Å². The molecule has 1 atom stereocenters. The first kappa shape index (κ1) is 10.3. The Morgan fingerprint density at radius 3 is 2.87 bits per heavy atom. The number of hydrogen-bond donors (Lipinski definition) is 2. The van der Waals surface area contributed by atoms with Crippen LogP contribution in [0.5, 0.6) is 0 Å². The molecule has 0 aromatic carbocycles. The van der Waals surface area contributed by atoms with Crippen molar-refractivity contribution in [1.29, 1.82) is 0 Å². The molecular weight excluding hydrogens is 210 g/mol. The molecule has 0 saturated heterocycles. The first-order valence-electron chi connectivity index (χ1n) is 4.58. The van der Waals surface area contributed by atoms with Crippen molar-refractivity contribution in [2.75, 3.05) is 0 Å². The van der Waals surface area contributed by atoms with E-state index < -0.39 is 0 Å². The zero-order chi connectivity index (χ0) is 10.8. The van der Waals surface area contributed by atoms with Crippen LogP contribution in [0.4, 0.5) is 0 Å². The average Bonchev–Trinajstić information content (AvgIpc) is 2.78. The number of rotatable bonds is 3. The molecule has 3 N–H and O–H groups in total. The van der Waals surface area contributed by atoms with Crippen molar-refractivity contribution in [2.24, 2.45) is 12.9 Å². The van der Waals surface area contributed by atoms with Gasteiger partial charge in [-0.25, -0.2) is 10.4 Å². The predicted molar refractivity (Wildman–Crippen MR) is 59.2 cm³/mol. The van der Waals surface area contributed by atoms with E-state index in [0.29, 0.717) is 0 Å². The number of aromatic nitrogens is 3. The number of nitrogens with one attached hydrogen (secondary N) is 1. The zero-order valence-electron chi connectivity index (χ0n) is 8.64. The van der Waals surface area contributed by atoms with Crippen LogP contribution in [0.1, 0.15) is 21.6 Å². The van der Waals surface area contributed by atoms with Crippen LogP contribution >= 0.6 is 11.3 Å². The standard InChI is InChI=1S/C9H13N5S/c1-6-11-5-8(15-6)9(12-10)7-3-4-14(2)13-7/h3-5,9,12H,10H2,1-2H3. The maximum atomic E-state index is 5.53. The average molecular weight is 223 g/mol. The summed E-state index contributed by atoms with van der Waals surface area (Å²) in [5, 5.41) is 5.35. The maximum absolute atomic E-state index is 5.53. The Balaban J connectivity index is 2.32. The number of hydrazine groups is 1. The van der Waals surface area contributed by atoms with Crippen LogP contribution in [0, 0.1) is 6.92 Å². The highest BCUT2D eigenvalue weighted by Crippen LogP contribution is 2.24. The summed E-state index contributed by atoms with van der Waals surface area (Å²) >= 11 is 1.62. The third-order valence-electron chi connectivity index (χ3n) is 2.12. The van der Waals surface area contributed by atoms with E-state index in [2.05, 4.69) is 15.5 Å². The summed E-state index contributed by atoms with van der Waals surface area (Å²) in [5.41, 5.74) is 3.66. The molecule has 2 aromatic heterocycles. The Morgan fingerprint density at radius 1 is 1.60 bits per heavy atom. The molecule has 80 valence electrons. The van der Waals surface area contributed by atoms with E-state index in [1.54, 1.807) is 16.0 Å². The number of hydrogen-bond acceptors (Lipinski definition) is 5. The van der Waals surface area contributed by atoms with Crippen molar-refractivity contribution < 1.29 is 0 Å². The molecule has 0 saturated carbocycles. The number of nitrogens with two attached hydrogens (primary N) is 1. The smallest absolute Gasteiger partial charge is 0.101 e. The molecule has 0 amide bonds. The first-order valence-corrected chi connectivity index (χ1v) is 5.40. The lowest BCUT2D eigenvalue weighted by molar-refractivity contribution is 0.610. The van der Waals surface area contributed by atoms with Crippen LogP contribution in [0.15, 0.2) is 18.5 Å². The highest BCUT2D eigenvalue weighted by Gasteiger charge is 2.17. The Morgan fingerprint density at radius 2 is 2.40 bits per heavy atom. The largest absolute Gasteiger partial charge is 0.275 e. The summed E-state index contributed by atoms with van der Waals surface area (Å²) in [6.07, 6.45) is 3.73. The molecule has 1 unspecified atom stereocenters. The molecule has 5 nitrogen and oxygen atoms in total. The van der Waals surface area contributed by atoms with Crippen LogP contribution in [0.25, 0.3) is 0 Å². The fraction of sp³-hybridized carbons (Fsp3) is 0.333. The maximum Gasteiger partial charge on any atom is 0.101 e. The van der Waals surface area contributed by atoms with Crippen molar-refractivity contribution in [3.8, 4) is 0 Å². The molecular formula is C9H13N5S. The number of nitrogens with zero attached hydrogens (tertiary/aromatic N) is 3. The van der Waals surface area contributed by atoms with E-state index in [4.69, 9.17) is 5.84 Å². The van der Waals surface area contributed by atoms with Gasteiger partial charge in [-0.15, -0.1) is 11.3 Å². The van der Waals surface area contributed by atoms with Gasteiger partial charge in [0.1, 0.15) is 6.04 Å². The molecule has 0 fully saturated rings. The lowest BCUT2D eigenvalue weighted by Gasteiger charge is -2.10. The van der Waals surface area contributed by atoms with Gasteiger partial charge in [-0.05, 0) is 13.0 Å². The Kier molecular flexibility index (Phi) is 2.81. The predicted octanol–water partition coefficient (Wildman–Crippen LogP) is 0.738. The highest BCUT2D eigenvalue weighted by molar-refractivity contribution is 7.11. The van der Waals surface area contributed by atoms with Gasteiger partial charge in [-0.1, -0.05) is 0 Å². The van der Waals surface area contributed by atoms with Gasteiger partial charge in [0, 0.05) is 24.3 Å². The number of thiazole rings is 1. The Hall–Kier alpha value is -1.24. The molecule has 0 aliphatic carbocycles. The summed E-state index contributed by atoms with van der Waals surface area (Å²) in [4.78, 5) is 5.28. The molecule has 0 aliphatic heterocycles. The molecule has 0 aliphatic rings. The SMILES string of the molecule is Cc1ncc(C(NN)c2ccn(C)n2)s1. The molecule has 0 bridgehead atoms. The summed E-state index contributed by atoms with van der Waals surface area (Å²) < 4.78 is 1.76. The summed E-state index contributed by atoms with van der Waals surface area (Å²) in [5.74, 6) is 5.53. The van der Waals surface area contributed by atoms with Crippen LogP contribution < -0.4 is 11.3 Å². The van der Waals surface area contributed by atoms with Crippen molar-refractivity contribution in [1.82, 2.24) is 20.2 Å². The quantitative estimate of drug-likeness (QED) is 0.595. The van der Waals surface area contributed by atoms with Crippen molar-refractivity contribution >= 4 is 11.3 Å². The van der Waals surface area contributed by atoms with Gasteiger partial charge in [-0.2, -0.15) is 5.10 Å². The second kappa shape index (κ2) is 4.09. The van der Waals surface area contributed by atoms with Crippen molar-refractivity contribution in [3.05, 3.63) is 34.0 Å². The minimum atomic E-state index is -0.0719. The van der Waals surface area contributed by atoms with Crippen LogP contribution in [-0.4, -0.2) is 14.8 Å². The second-order valence-electron chi connectivity index (χ2n) is 3.30. The summed E-state index contributed by atoms with van der Waals surface area (Å²) in [6, 6.07) is 1.87. The zero-order valence-corrected chi connectivity index (χ0v) is 9.45. The van der Waals surface area contributed by atoms with Crippen molar-refractivity contribution in [3.63, 3.8) is 0 Å². The molecule has 2 aromatic rings. The lowest BCUT2D eigenvalue weighted by atomic mass is 10.2. The Bertz CT molecular complexity index is 407. The third kappa shape index (κ3) is 2.06. The van der Waals surface area contributed by atoms with Crippen LogP contribution in [-0.2, 0) is 7.05 Å². The van der Waals surface area contributed by atoms with Crippen LogP contribution in [0.3, 0.4) is 0 Å². The topological polar surface area (TPSA) is 68.8 Å². The van der Waals surface area contributed by atoms with Gasteiger partial charge in [0.15, 0.2) is 0 Å². The lowest BCUT2D eigenvalue weighted by Crippen LogP contribution is -2.28. The van der Waals surface area contributed by atoms with Gasteiger partial charge in [-0.3, -0.25) is 10.5 Å². The molecule has 15 heavy (non-hydrogen) atoms. The van der Waals surface area contributed by atoms with E-state index in [0.717, 1.165) is 15.6 Å². The van der Waals surface area contributed by atoms with Gasteiger partial charge < -0.3 is 0 Å². The monoisotopic (exact) mass is 223 g/mol. The Labute approximate surface area is 91.9 Å². The molecule has 6 heteroatoms. The van der Waals surface area contributed by atoms with Crippen molar-refractivity contribution in [2.45, 2.75) is 13.0 Å². The summed E-state index contributed by atoms with van der Waals surface area (Å²) in [7, 11) is 1.88. The fourth-order valence-electron chi connectivity index (χ4n) is 1.41. The first-order chi connectivity index (χ1) is 7.20. The van der Waals surface area contributed by atoms with Gasteiger partial charge in [0.2, 0.25) is 0 Å². The third-order valence-corrected chi connectivity index (χ3v) is 3.10. The summed E-state index contributed by atoms with van der Waals surface area (Å²) in [6.45, 7) is 1.97. The minimum absolute atomic E-state index is 0.0719. The second-order valence-corrected chi connectivity index (χ2v) is 4.56. The fourth-order valence-corrected chi connectivity index (χ4v) is 2.27. The molecule has 0 radical (unpaired) electrons. The van der Waals surface area contributed by atoms with E-state index >= 15 is 0 Å². The molecule has 2 rings (SSSR count). The van der Waals surface area contributed by atoms with E-state index in [1.165, 1.54) is 0 Å². The normalized spacial score (nSPS) is 13.0. The highest BCUT2D eigenvalue weighted by atomic mass is 32.1. The van der Waals surface area contributed by atoms with Crippen LogP contribution in [0.2, 0.25) is 0 Å². The molecule has 0 spiro atoms. The van der Waals surface area contributed by atoms with E-state index in [1.807, 2.05) is 32.4 Å². The van der Waals surface area contributed by atoms with E-state index in [9.17, 15) is 0 Å². The van der Waals surface area contributed by atoms with Gasteiger partial charge in [0.25, 0.3) is 0 Å². The number of aryl methyl sites for hydroxylation is 2. The van der Waals surface area contributed by atoms with Gasteiger partial charge >= 0.3 is 0 Å². The molecule has 2 heterocycles.